The highest BCUT2D eigenvalue weighted by molar-refractivity contribution is 5.98. The van der Waals surface area contributed by atoms with Crippen molar-refractivity contribution in [3.8, 4) is 0 Å². The minimum Gasteiger partial charge on any atom is -0.361 e. The molecule has 2 amide bonds. The van der Waals surface area contributed by atoms with Gasteiger partial charge in [-0.15, -0.1) is 0 Å². The van der Waals surface area contributed by atoms with Gasteiger partial charge in [0, 0.05) is 60.7 Å². The van der Waals surface area contributed by atoms with Gasteiger partial charge in [0.15, 0.2) is 0 Å². The van der Waals surface area contributed by atoms with Gasteiger partial charge in [-0.2, -0.15) is 0 Å². The van der Waals surface area contributed by atoms with Gasteiger partial charge in [0.1, 0.15) is 0 Å². The highest BCUT2D eigenvalue weighted by Crippen LogP contribution is 2.39. The number of H-pyrrole nitrogens is 1. The fourth-order valence-corrected chi connectivity index (χ4v) is 4.74. The zero-order valence-corrected chi connectivity index (χ0v) is 16.2. The third-order valence-electron chi connectivity index (χ3n) is 6.28. The summed E-state index contributed by atoms with van der Waals surface area (Å²) in [5, 5.41) is 1.07. The molecule has 0 bridgehead atoms. The summed E-state index contributed by atoms with van der Waals surface area (Å²) in [4.78, 5) is 32.7. The van der Waals surface area contributed by atoms with Crippen LogP contribution in [-0.2, 0) is 4.79 Å². The van der Waals surface area contributed by atoms with Crippen LogP contribution in [0.25, 0.3) is 10.9 Å². The average molecular weight is 367 g/mol. The van der Waals surface area contributed by atoms with E-state index in [9.17, 15) is 9.59 Å². The lowest BCUT2D eigenvalue weighted by molar-refractivity contribution is -0.139. The molecule has 2 aliphatic heterocycles. The van der Waals surface area contributed by atoms with E-state index < -0.39 is 0 Å². The first-order chi connectivity index (χ1) is 13.1. The van der Waals surface area contributed by atoms with Crippen LogP contribution in [0.1, 0.15) is 55.8 Å². The molecule has 2 aromatic rings. The topological polar surface area (TPSA) is 56.4 Å². The highest BCUT2D eigenvalue weighted by Gasteiger charge is 2.42. The Bertz CT molecular complexity index is 843. The smallest absolute Gasteiger partial charge is 0.253 e. The molecule has 3 heterocycles. The normalized spacial score (nSPS) is 23.4. The average Bonchev–Trinajstić information content (AvgIpc) is 3.16. The minimum absolute atomic E-state index is 0.0771. The summed E-state index contributed by atoms with van der Waals surface area (Å²) < 4.78 is 0. The molecule has 1 spiro atoms. The van der Waals surface area contributed by atoms with Crippen LogP contribution in [-0.4, -0.2) is 52.8 Å². The lowest BCUT2D eigenvalue weighted by atomic mass is 9.73. The van der Waals surface area contributed by atoms with E-state index in [2.05, 4.69) is 11.9 Å². The monoisotopic (exact) mass is 367 g/mol. The summed E-state index contributed by atoms with van der Waals surface area (Å²) >= 11 is 0. The predicted octanol–water partition coefficient (Wildman–Crippen LogP) is 3.81. The van der Waals surface area contributed by atoms with Gasteiger partial charge in [-0.3, -0.25) is 9.59 Å². The van der Waals surface area contributed by atoms with Crippen LogP contribution in [0, 0.1) is 5.41 Å². The molecule has 0 saturated carbocycles. The molecule has 5 heteroatoms. The number of benzene rings is 1. The second-order valence-corrected chi connectivity index (χ2v) is 8.28. The second kappa shape index (κ2) is 7.37. The van der Waals surface area contributed by atoms with Gasteiger partial charge in [0.25, 0.3) is 5.91 Å². The number of rotatable bonds is 4. The number of piperidine rings is 2. The molecule has 2 fully saturated rings. The Labute approximate surface area is 160 Å². The maximum atomic E-state index is 13.1. The number of aromatic nitrogens is 1. The highest BCUT2D eigenvalue weighted by atomic mass is 16.2. The number of nitrogens with one attached hydrogen (secondary N) is 1. The molecule has 2 aliphatic rings. The molecule has 5 nitrogen and oxygen atoms in total. The zero-order valence-electron chi connectivity index (χ0n) is 16.2. The molecule has 1 atom stereocenters. The van der Waals surface area contributed by atoms with Crippen molar-refractivity contribution in [2.24, 2.45) is 5.41 Å². The Morgan fingerprint density at radius 1 is 1.22 bits per heavy atom. The SMILES string of the molecule is CCCCN1CC2(CCCN(C(=O)c3ccc4[nH]ccc4c3)C2)CCC1=O. The molecular weight excluding hydrogens is 338 g/mol. The standard InChI is InChI=1S/C22H29N3O2/c1-2-3-12-24-15-22(10-7-20(24)26)9-4-13-25(16-22)21(27)18-5-6-19-17(14-18)8-11-23-19/h5-6,8,11,14,23H,2-4,7,9-10,12-13,15-16H2,1H3. The first kappa shape index (κ1) is 18.1. The summed E-state index contributed by atoms with van der Waals surface area (Å²) in [6.45, 7) is 5.41. The Morgan fingerprint density at radius 3 is 2.96 bits per heavy atom. The molecule has 1 aromatic heterocycles. The number of carbonyl (C=O) groups is 2. The predicted molar refractivity (Wildman–Crippen MR) is 107 cm³/mol. The number of nitrogens with zero attached hydrogens (tertiary/aromatic N) is 2. The van der Waals surface area contributed by atoms with Crippen LogP contribution in [0.15, 0.2) is 30.5 Å². The summed E-state index contributed by atoms with van der Waals surface area (Å²) in [6.07, 6.45) is 7.73. The van der Waals surface area contributed by atoms with Crippen molar-refractivity contribution < 1.29 is 9.59 Å². The Balaban J connectivity index is 1.49. The van der Waals surface area contributed by atoms with E-state index in [-0.39, 0.29) is 17.2 Å². The van der Waals surface area contributed by atoms with Crippen LogP contribution < -0.4 is 0 Å². The number of hydrogen-bond donors (Lipinski definition) is 1. The quantitative estimate of drug-likeness (QED) is 0.893. The summed E-state index contributed by atoms with van der Waals surface area (Å²) in [5.41, 5.74) is 1.89. The summed E-state index contributed by atoms with van der Waals surface area (Å²) in [5.74, 6) is 0.407. The van der Waals surface area contributed by atoms with E-state index in [1.165, 1.54) is 0 Å². The van der Waals surface area contributed by atoms with Gasteiger partial charge in [-0.05, 0) is 49.9 Å². The number of hydrogen-bond acceptors (Lipinski definition) is 2. The number of fused-ring (bicyclic) bond motifs is 1. The molecule has 4 rings (SSSR count). The summed E-state index contributed by atoms with van der Waals surface area (Å²) in [7, 11) is 0. The zero-order chi connectivity index (χ0) is 18.9. The molecule has 1 unspecified atom stereocenters. The van der Waals surface area contributed by atoms with Gasteiger partial charge >= 0.3 is 0 Å². The van der Waals surface area contributed by atoms with Gasteiger partial charge in [0.2, 0.25) is 5.91 Å². The number of likely N-dealkylation sites (tertiary alicyclic amines) is 2. The van der Waals surface area contributed by atoms with Crippen LogP contribution in [0.5, 0.6) is 0 Å². The molecule has 1 N–H and O–H groups in total. The first-order valence-electron chi connectivity index (χ1n) is 10.2. The van der Waals surface area contributed by atoms with Crippen molar-refractivity contribution in [1.29, 1.82) is 0 Å². The maximum Gasteiger partial charge on any atom is 0.253 e. The molecule has 144 valence electrons. The maximum absolute atomic E-state index is 13.1. The summed E-state index contributed by atoms with van der Waals surface area (Å²) in [6, 6.07) is 7.88. The van der Waals surface area contributed by atoms with E-state index in [0.29, 0.717) is 6.42 Å². The van der Waals surface area contributed by atoms with Crippen molar-refractivity contribution >= 4 is 22.7 Å². The van der Waals surface area contributed by atoms with Gasteiger partial charge in [0.05, 0.1) is 0 Å². The van der Waals surface area contributed by atoms with Gasteiger partial charge < -0.3 is 14.8 Å². The third kappa shape index (κ3) is 3.60. The second-order valence-electron chi connectivity index (χ2n) is 8.28. The number of carbonyl (C=O) groups excluding carboxylic acids is 2. The number of amides is 2. The van der Waals surface area contributed by atoms with Gasteiger partial charge in [-0.25, -0.2) is 0 Å². The molecule has 0 radical (unpaired) electrons. The molecule has 1 aromatic carbocycles. The molecule has 2 saturated heterocycles. The fourth-order valence-electron chi connectivity index (χ4n) is 4.74. The van der Waals surface area contributed by atoms with E-state index >= 15 is 0 Å². The van der Waals surface area contributed by atoms with E-state index in [1.54, 1.807) is 0 Å². The van der Waals surface area contributed by atoms with Crippen molar-refractivity contribution in [1.82, 2.24) is 14.8 Å². The minimum atomic E-state index is 0.0771. The Hall–Kier alpha value is -2.30. The van der Waals surface area contributed by atoms with Crippen molar-refractivity contribution in [2.75, 3.05) is 26.2 Å². The lowest BCUT2D eigenvalue weighted by Crippen LogP contribution is -2.55. The third-order valence-corrected chi connectivity index (χ3v) is 6.28. The van der Waals surface area contributed by atoms with Crippen LogP contribution in [0.2, 0.25) is 0 Å². The first-order valence-corrected chi connectivity index (χ1v) is 10.2. The fraction of sp³-hybridized carbons (Fsp3) is 0.545. The van der Waals surface area contributed by atoms with Crippen LogP contribution in [0.3, 0.4) is 0 Å². The Morgan fingerprint density at radius 2 is 2.11 bits per heavy atom. The van der Waals surface area contributed by atoms with E-state index in [1.807, 2.05) is 40.3 Å². The molecule has 27 heavy (non-hydrogen) atoms. The van der Waals surface area contributed by atoms with Crippen molar-refractivity contribution in [2.45, 2.75) is 45.4 Å². The number of unbranched alkanes of at least 4 members (excludes halogenated alkanes) is 1. The van der Waals surface area contributed by atoms with Gasteiger partial charge in [-0.1, -0.05) is 13.3 Å². The molecule has 0 aliphatic carbocycles. The van der Waals surface area contributed by atoms with Crippen molar-refractivity contribution in [3.63, 3.8) is 0 Å². The lowest BCUT2D eigenvalue weighted by Gasteiger charge is -2.48. The largest absolute Gasteiger partial charge is 0.361 e. The molecular formula is C22H29N3O2. The van der Waals surface area contributed by atoms with Crippen LogP contribution in [0.4, 0.5) is 0 Å². The van der Waals surface area contributed by atoms with E-state index in [0.717, 1.165) is 74.7 Å². The van der Waals surface area contributed by atoms with Crippen molar-refractivity contribution in [3.05, 3.63) is 36.0 Å². The Kier molecular flexibility index (Phi) is 4.94. The van der Waals surface area contributed by atoms with E-state index in [4.69, 9.17) is 0 Å². The number of aromatic amines is 1. The van der Waals surface area contributed by atoms with Crippen LogP contribution >= 0.6 is 0 Å².